The van der Waals surface area contributed by atoms with Gasteiger partial charge in [-0.3, -0.25) is 0 Å². The second kappa shape index (κ2) is 8.35. The van der Waals surface area contributed by atoms with Gasteiger partial charge in [-0.15, -0.1) is 0 Å². The molecule has 1 aliphatic carbocycles. The van der Waals surface area contributed by atoms with Crippen molar-refractivity contribution in [2.75, 3.05) is 19.7 Å². The van der Waals surface area contributed by atoms with Crippen molar-refractivity contribution in [3.63, 3.8) is 0 Å². The molecule has 4 unspecified atom stereocenters. The van der Waals surface area contributed by atoms with Crippen LogP contribution in [0.4, 0.5) is 0 Å². The molecule has 3 nitrogen and oxygen atoms in total. The standard InChI is InChI=1S/C17H33NO2/c1-4-7-18-11-15-5-6-16(20-15)12-19-17-9-13(2)8-14(3)10-17/h13-18H,4-12H2,1-3H3. The van der Waals surface area contributed by atoms with Crippen molar-refractivity contribution in [3.8, 4) is 0 Å². The van der Waals surface area contributed by atoms with Gasteiger partial charge < -0.3 is 14.8 Å². The summed E-state index contributed by atoms with van der Waals surface area (Å²) < 4.78 is 12.2. The van der Waals surface area contributed by atoms with E-state index < -0.39 is 0 Å². The Morgan fingerprint density at radius 2 is 1.75 bits per heavy atom. The molecule has 0 aromatic heterocycles. The molecular formula is C17H33NO2. The summed E-state index contributed by atoms with van der Waals surface area (Å²) >= 11 is 0. The molecule has 1 saturated carbocycles. The molecule has 2 fully saturated rings. The van der Waals surface area contributed by atoms with Gasteiger partial charge in [0.15, 0.2) is 0 Å². The van der Waals surface area contributed by atoms with Gasteiger partial charge in [0, 0.05) is 6.54 Å². The molecule has 0 radical (unpaired) electrons. The highest BCUT2D eigenvalue weighted by Gasteiger charge is 2.28. The van der Waals surface area contributed by atoms with Crippen molar-refractivity contribution in [1.29, 1.82) is 0 Å². The molecule has 0 amide bonds. The average molecular weight is 283 g/mol. The zero-order valence-corrected chi connectivity index (χ0v) is 13.6. The van der Waals surface area contributed by atoms with Crippen LogP contribution in [0.5, 0.6) is 0 Å². The largest absolute Gasteiger partial charge is 0.376 e. The molecule has 0 spiro atoms. The molecule has 4 atom stereocenters. The zero-order valence-electron chi connectivity index (χ0n) is 13.6. The maximum atomic E-state index is 6.14. The third-order valence-electron chi connectivity index (χ3n) is 4.65. The van der Waals surface area contributed by atoms with Crippen LogP contribution in [0.1, 0.15) is 59.3 Å². The van der Waals surface area contributed by atoms with Crippen LogP contribution < -0.4 is 5.32 Å². The molecule has 2 rings (SSSR count). The normalized spacial score (nSPS) is 38.2. The lowest BCUT2D eigenvalue weighted by atomic mass is 9.82. The Morgan fingerprint density at radius 1 is 1.05 bits per heavy atom. The second-order valence-corrected chi connectivity index (χ2v) is 7.03. The van der Waals surface area contributed by atoms with Gasteiger partial charge in [-0.1, -0.05) is 20.8 Å². The maximum absolute atomic E-state index is 6.14. The van der Waals surface area contributed by atoms with Gasteiger partial charge in [0.2, 0.25) is 0 Å². The maximum Gasteiger partial charge on any atom is 0.0814 e. The van der Waals surface area contributed by atoms with Crippen LogP contribution in [-0.4, -0.2) is 38.0 Å². The van der Waals surface area contributed by atoms with Crippen LogP contribution in [0.3, 0.4) is 0 Å². The number of hydrogen-bond donors (Lipinski definition) is 1. The quantitative estimate of drug-likeness (QED) is 0.727. The van der Waals surface area contributed by atoms with Gasteiger partial charge in [-0.2, -0.15) is 0 Å². The third-order valence-corrected chi connectivity index (χ3v) is 4.65. The molecule has 1 heterocycles. The molecular weight excluding hydrogens is 250 g/mol. The van der Waals surface area contributed by atoms with Crippen LogP contribution in [0.2, 0.25) is 0 Å². The van der Waals surface area contributed by atoms with Crippen LogP contribution in [0, 0.1) is 11.8 Å². The van der Waals surface area contributed by atoms with E-state index in [1.807, 2.05) is 0 Å². The minimum atomic E-state index is 0.330. The first-order chi connectivity index (χ1) is 9.67. The predicted octanol–water partition coefficient (Wildman–Crippen LogP) is 3.37. The van der Waals surface area contributed by atoms with E-state index in [1.165, 1.54) is 32.1 Å². The smallest absolute Gasteiger partial charge is 0.0814 e. The van der Waals surface area contributed by atoms with E-state index in [9.17, 15) is 0 Å². The van der Waals surface area contributed by atoms with Gasteiger partial charge in [0.25, 0.3) is 0 Å². The van der Waals surface area contributed by atoms with Gasteiger partial charge in [-0.25, -0.2) is 0 Å². The summed E-state index contributed by atoms with van der Waals surface area (Å²) in [4.78, 5) is 0. The number of hydrogen-bond acceptors (Lipinski definition) is 3. The van der Waals surface area contributed by atoms with E-state index in [1.54, 1.807) is 0 Å². The van der Waals surface area contributed by atoms with Crippen LogP contribution >= 0.6 is 0 Å². The van der Waals surface area contributed by atoms with E-state index >= 15 is 0 Å². The highest BCUT2D eigenvalue weighted by atomic mass is 16.5. The number of nitrogens with one attached hydrogen (secondary N) is 1. The zero-order chi connectivity index (χ0) is 14.4. The van der Waals surface area contributed by atoms with E-state index in [0.29, 0.717) is 18.3 Å². The lowest BCUT2D eigenvalue weighted by Crippen LogP contribution is -2.31. The van der Waals surface area contributed by atoms with Crippen molar-refractivity contribution in [2.24, 2.45) is 11.8 Å². The van der Waals surface area contributed by atoms with Crippen molar-refractivity contribution in [3.05, 3.63) is 0 Å². The number of rotatable bonds is 7. The van der Waals surface area contributed by atoms with Gasteiger partial charge in [-0.05, 0) is 56.9 Å². The Balaban J connectivity index is 1.60. The molecule has 118 valence electrons. The van der Waals surface area contributed by atoms with Crippen molar-refractivity contribution >= 4 is 0 Å². The van der Waals surface area contributed by atoms with E-state index in [4.69, 9.17) is 9.47 Å². The van der Waals surface area contributed by atoms with E-state index in [0.717, 1.165) is 38.0 Å². The number of ether oxygens (including phenoxy) is 2. The predicted molar refractivity (Wildman–Crippen MR) is 83.0 cm³/mol. The molecule has 0 bridgehead atoms. The Morgan fingerprint density at radius 3 is 2.45 bits per heavy atom. The lowest BCUT2D eigenvalue weighted by molar-refractivity contribution is -0.0608. The first-order valence-electron chi connectivity index (χ1n) is 8.65. The summed E-state index contributed by atoms with van der Waals surface area (Å²) in [6.07, 6.45) is 8.57. The summed E-state index contributed by atoms with van der Waals surface area (Å²) in [5.41, 5.74) is 0. The van der Waals surface area contributed by atoms with Crippen molar-refractivity contribution in [1.82, 2.24) is 5.32 Å². The SMILES string of the molecule is CCCNCC1CCC(COC2CC(C)CC(C)C2)O1. The summed E-state index contributed by atoms with van der Waals surface area (Å²) in [6.45, 7) is 9.81. The topological polar surface area (TPSA) is 30.5 Å². The fourth-order valence-corrected chi connectivity index (χ4v) is 3.75. The second-order valence-electron chi connectivity index (χ2n) is 7.03. The Labute approximate surface area is 124 Å². The van der Waals surface area contributed by atoms with Crippen LogP contribution in [-0.2, 0) is 9.47 Å². The Kier molecular flexibility index (Phi) is 6.79. The summed E-state index contributed by atoms with van der Waals surface area (Å²) in [6, 6.07) is 0. The molecule has 1 saturated heterocycles. The molecule has 1 aliphatic heterocycles. The summed E-state index contributed by atoms with van der Waals surface area (Å²) in [7, 11) is 0. The first-order valence-corrected chi connectivity index (χ1v) is 8.65. The highest BCUT2D eigenvalue weighted by molar-refractivity contribution is 4.78. The molecule has 2 aliphatic rings. The molecule has 20 heavy (non-hydrogen) atoms. The van der Waals surface area contributed by atoms with Gasteiger partial charge >= 0.3 is 0 Å². The fraction of sp³-hybridized carbons (Fsp3) is 1.00. The minimum Gasteiger partial charge on any atom is -0.376 e. The summed E-state index contributed by atoms with van der Waals surface area (Å²) in [5.74, 6) is 1.64. The average Bonchev–Trinajstić information content (AvgIpc) is 2.84. The van der Waals surface area contributed by atoms with E-state index in [2.05, 4.69) is 26.1 Å². The third kappa shape index (κ3) is 5.34. The van der Waals surface area contributed by atoms with Crippen LogP contribution in [0.25, 0.3) is 0 Å². The molecule has 0 aromatic rings. The van der Waals surface area contributed by atoms with Crippen molar-refractivity contribution in [2.45, 2.75) is 77.6 Å². The summed E-state index contributed by atoms with van der Waals surface area (Å²) in [5, 5.41) is 3.45. The fourth-order valence-electron chi connectivity index (χ4n) is 3.75. The van der Waals surface area contributed by atoms with Gasteiger partial charge in [0.1, 0.15) is 0 Å². The minimum absolute atomic E-state index is 0.330. The van der Waals surface area contributed by atoms with Gasteiger partial charge in [0.05, 0.1) is 24.9 Å². The Bertz CT molecular complexity index is 262. The molecule has 3 heteroatoms. The monoisotopic (exact) mass is 283 g/mol. The lowest BCUT2D eigenvalue weighted by Gasteiger charge is -2.32. The van der Waals surface area contributed by atoms with E-state index in [-0.39, 0.29) is 0 Å². The molecule has 1 N–H and O–H groups in total. The highest BCUT2D eigenvalue weighted by Crippen LogP contribution is 2.31. The Hall–Kier alpha value is -0.120. The molecule has 0 aromatic carbocycles. The first kappa shape index (κ1) is 16.3. The van der Waals surface area contributed by atoms with Crippen molar-refractivity contribution < 1.29 is 9.47 Å². The van der Waals surface area contributed by atoms with Crippen LogP contribution in [0.15, 0.2) is 0 Å².